The van der Waals surface area contributed by atoms with Gasteiger partial charge in [-0.3, -0.25) is 9.10 Å². The van der Waals surface area contributed by atoms with Crippen LogP contribution in [0.1, 0.15) is 25.7 Å². The Balaban J connectivity index is 1.84. The molecule has 1 aromatic rings. The van der Waals surface area contributed by atoms with E-state index in [1.165, 1.54) is 25.7 Å². The third-order valence-corrected chi connectivity index (χ3v) is 7.12. The average Bonchev–Trinajstić information content (AvgIpc) is 3.02. The lowest BCUT2D eigenvalue weighted by atomic mass is 10.3. The minimum Gasteiger partial charge on any atom is -0.354 e. The first-order valence-electron chi connectivity index (χ1n) is 7.98. The van der Waals surface area contributed by atoms with Crippen LogP contribution < -0.4 is 9.62 Å². The number of rotatable bonds is 8. The quantitative estimate of drug-likeness (QED) is 0.457. The van der Waals surface area contributed by atoms with Crippen LogP contribution in [0.4, 0.5) is 5.69 Å². The average molecular weight is 482 g/mol. The summed E-state index contributed by atoms with van der Waals surface area (Å²) in [4.78, 5) is 12.1. The molecule has 0 bridgehead atoms. The summed E-state index contributed by atoms with van der Waals surface area (Å²) in [7, 11) is -3.50. The van der Waals surface area contributed by atoms with Gasteiger partial charge in [-0.15, -0.1) is 0 Å². The van der Waals surface area contributed by atoms with E-state index in [1.807, 2.05) is 23.9 Å². The maximum absolute atomic E-state index is 12.1. The van der Waals surface area contributed by atoms with Gasteiger partial charge in [0.25, 0.3) is 0 Å². The van der Waals surface area contributed by atoms with E-state index in [4.69, 9.17) is 0 Å². The molecule has 5 nitrogen and oxygen atoms in total. The lowest BCUT2D eigenvalue weighted by Crippen LogP contribution is -2.41. The Kier molecular flexibility index (Phi) is 7.67. The van der Waals surface area contributed by atoms with Gasteiger partial charge in [0.05, 0.1) is 11.9 Å². The van der Waals surface area contributed by atoms with Crippen LogP contribution >= 0.6 is 34.4 Å². The molecular formula is C16H23IN2O3S2. The number of halogens is 1. The number of amides is 1. The summed E-state index contributed by atoms with van der Waals surface area (Å²) < 4.78 is 26.1. The molecular weight excluding hydrogens is 459 g/mol. The third kappa shape index (κ3) is 6.44. The molecule has 0 atom stereocenters. The standard InChI is InChI=1S/C16H23IN2O3S2/c1-24(21,22)19(14-8-6-13(17)7-9-14)12-16(20)18-10-11-23-15-4-2-3-5-15/h6-9,15H,2-5,10-12H2,1H3,(H,18,20). The van der Waals surface area contributed by atoms with E-state index >= 15 is 0 Å². The van der Waals surface area contributed by atoms with Crippen molar-refractivity contribution >= 4 is 56.0 Å². The van der Waals surface area contributed by atoms with Crippen molar-refractivity contribution < 1.29 is 13.2 Å². The number of hydrogen-bond donors (Lipinski definition) is 1. The van der Waals surface area contributed by atoms with E-state index in [0.717, 1.165) is 25.1 Å². The number of thioether (sulfide) groups is 1. The summed E-state index contributed by atoms with van der Waals surface area (Å²) in [5, 5.41) is 3.55. The van der Waals surface area contributed by atoms with Gasteiger partial charge in [0.2, 0.25) is 15.9 Å². The first kappa shape index (κ1) is 19.8. The van der Waals surface area contributed by atoms with Gasteiger partial charge in [0.15, 0.2) is 0 Å². The van der Waals surface area contributed by atoms with Gasteiger partial charge in [-0.05, 0) is 59.7 Å². The predicted molar refractivity (Wildman–Crippen MR) is 109 cm³/mol. The molecule has 2 rings (SSSR count). The SMILES string of the molecule is CS(=O)(=O)N(CC(=O)NCCSC1CCCC1)c1ccc(I)cc1. The maximum Gasteiger partial charge on any atom is 0.240 e. The number of carbonyl (C=O) groups is 1. The minimum atomic E-state index is -3.50. The molecule has 0 aromatic heterocycles. The van der Waals surface area contributed by atoms with Crippen LogP contribution in [-0.2, 0) is 14.8 Å². The highest BCUT2D eigenvalue weighted by atomic mass is 127. The number of nitrogens with zero attached hydrogens (tertiary/aromatic N) is 1. The van der Waals surface area contributed by atoms with Crippen molar-refractivity contribution in [3.8, 4) is 0 Å². The highest BCUT2D eigenvalue weighted by molar-refractivity contribution is 14.1. The molecule has 1 aliphatic rings. The van der Waals surface area contributed by atoms with Crippen molar-refractivity contribution in [1.82, 2.24) is 5.32 Å². The number of anilines is 1. The molecule has 0 radical (unpaired) electrons. The van der Waals surface area contributed by atoms with E-state index < -0.39 is 10.0 Å². The monoisotopic (exact) mass is 482 g/mol. The zero-order valence-corrected chi connectivity index (χ0v) is 17.5. The molecule has 0 saturated heterocycles. The lowest BCUT2D eigenvalue weighted by molar-refractivity contribution is -0.119. The van der Waals surface area contributed by atoms with E-state index in [-0.39, 0.29) is 12.5 Å². The molecule has 134 valence electrons. The van der Waals surface area contributed by atoms with Gasteiger partial charge >= 0.3 is 0 Å². The topological polar surface area (TPSA) is 66.5 Å². The summed E-state index contributed by atoms with van der Waals surface area (Å²) in [6, 6.07) is 7.08. The molecule has 0 aliphatic heterocycles. The largest absolute Gasteiger partial charge is 0.354 e. The van der Waals surface area contributed by atoms with Crippen LogP contribution in [0.2, 0.25) is 0 Å². The highest BCUT2D eigenvalue weighted by Gasteiger charge is 2.21. The van der Waals surface area contributed by atoms with Crippen molar-refractivity contribution in [1.29, 1.82) is 0 Å². The second-order valence-corrected chi connectivity index (χ2v) is 10.4. The molecule has 24 heavy (non-hydrogen) atoms. The van der Waals surface area contributed by atoms with E-state index in [9.17, 15) is 13.2 Å². The van der Waals surface area contributed by atoms with Crippen molar-refractivity contribution in [2.45, 2.75) is 30.9 Å². The van der Waals surface area contributed by atoms with Gasteiger partial charge in [-0.25, -0.2) is 8.42 Å². The minimum absolute atomic E-state index is 0.187. The third-order valence-electron chi connectivity index (χ3n) is 3.88. The number of hydrogen-bond acceptors (Lipinski definition) is 4. The fraction of sp³-hybridized carbons (Fsp3) is 0.562. The van der Waals surface area contributed by atoms with Gasteiger partial charge < -0.3 is 5.32 Å². The van der Waals surface area contributed by atoms with Crippen molar-refractivity contribution in [2.75, 3.05) is 29.4 Å². The van der Waals surface area contributed by atoms with Crippen LogP contribution in [0.5, 0.6) is 0 Å². The van der Waals surface area contributed by atoms with Crippen molar-refractivity contribution in [2.24, 2.45) is 0 Å². The summed E-state index contributed by atoms with van der Waals surface area (Å²) in [5.41, 5.74) is 0.508. The van der Waals surface area contributed by atoms with Crippen LogP contribution in [0.3, 0.4) is 0 Å². The Morgan fingerprint density at radius 3 is 2.50 bits per heavy atom. The Labute approximate surface area is 162 Å². The molecule has 1 N–H and O–H groups in total. The molecule has 1 aliphatic carbocycles. The number of carbonyl (C=O) groups excluding carboxylic acids is 1. The van der Waals surface area contributed by atoms with Gasteiger partial charge in [-0.2, -0.15) is 11.8 Å². The fourth-order valence-corrected chi connectivity index (χ4v) is 5.10. The molecule has 0 heterocycles. The predicted octanol–water partition coefficient (Wildman–Crippen LogP) is 2.85. The fourth-order valence-electron chi connectivity index (χ4n) is 2.66. The Hall–Kier alpha value is -0.480. The zero-order valence-electron chi connectivity index (χ0n) is 13.7. The van der Waals surface area contributed by atoms with Crippen LogP contribution in [0.25, 0.3) is 0 Å². The number of benzene rings is 1. The molecule has 0 spiro atoms. The number of nitrogens with one attached hydrogen (secondary N) is 1. The second-order valence-electron chi connectivity index (χ2n) is 5.87. The molecule has 1 saturated carbocycles. The summed E-state index contributed by atoms with van der Waals surface area (Å²) in [5.74, 6) is 0.602. The van der Waals surface area contributed by atoms with Gasteiger partial charge in [0.1, 0.15) is 6.54 Å². The van der Waals surface area contributed by atoms with Crippen molar-refractivity contribution in [3.05, 3.63) is 27.8 Å². The van der Waals surface area contributed by atoms with E-state index in [1.54, 1.807) is 12.1 Å². The zero-order chi connectivity index (χ0) is 17.6. The highest BCUT2D eigenvalue weighted by Crippen LogP contribution is 2.28. The Morgan fingerprint density at radius 1 is 1.29 bits per heavy atom. The lowest BCUT2D eigenvalue weighted by Gasteiger charge is -2.22. The summed E-state index contributed by atoms with van der Waals surface area (Å²) >= 11 is 4.06. The normalized spacial score (nSPS) is 15.4. The number of sulfonamides is 1. The summed E-state index contributed by atoms with van der Waals surface area (Å²) in [6.07, 6.45) is 6.28. The second kappa shape index (κ2) is 9.28. The van der Waals surface area contributed by atoms with Crippen LogP contribution in [-0.4, -0.2) is 44.7 Å². The van der Waals surface area contributed by atoms with E-state index in [2.05, 4.69) is 27.9 Å². The molecule has 8 heteroatoms. The summed E-state index contributed by atoms with van der Waals surface area (Å²) in [6.45, 7) is 0.387. The molecule has 1 amide bonds. The molecule has 1 aromatic carbocycles. The molecule has 0 unspecified atom stereocenters. The van der Waals surface area contributed by atoms with Gasteiger partial charge in [-0.1, -0.05) is 12.8 Å². The molecule has 1 fully saturated rings. The van der Waals surface area contributed by atoms with Gasteiger partial charge in [0, 0.05) is 21.1 Å². The Morgan fingerprint density at radius 2 is 1.92 bits per heavy atom. The van der Waals surface area contributed by atoms with Crippen LogP contribution in [0, 0.1) is 3.57 Å². The van der Waals surface area contributed by atoms with E-state index in [0.29, 0.717) is 12.2 Å². The van der Waals surface area contributed by atoms with Crippen LogP contribution in [0.15, 0.2) is 24.3 Å². The Bertz CT molecular complexity index is 644. The maximum atomic E-state index is 12.1. The van der Waals surface area contributed by atoms with Crippen molar-refractivity contribution in [3.63, 3.8) is 0 Å². The first-order valence-corrected chi connectivity index (χ1v) is 12.0. The smallest absolute Gasteiger partial charge is 0.240 e. The first-order chi connectivity index (χ1) is 11.4.